The van der Waals surface area contributed by atoms with Crippen LogP contribution in [-0.4, -0.2) is 29.9 Å². The molecular formula is C24H22Br2N8. The molecule has 0 spiro atoms. The summed E-state index contributed by atoms with van der Waals surface area (Å²) in [6, 6.07) is 7.86. The lowest BCUT2D eigenvalue weighted by Crippen LogP contribution is -2.30. The topological polar surface area (TPSA) is 83.8 Å². The van der Waals surface area contributed by atoms with Crippen LogP contribution in [0.2, 0.25) is 0 Å². The molecule has 0 atom stereocenters. The van der Waals surface area contributed by atoms with Crippen LogP contribution in [0.15, 0.2) is 33.2 Å². The van der Waals surface area contributed by atoms with Gasteiger partial charge in [0.05, 0.1) is 8.95 Å². The second-order valence-electron chi connectivity index (χ2n) is 10.6. The minimum atomic E-state index is -0.262. The van der Waals surface area contributed by atoms with E-state index < -0.39 is 0 Å². The normalized spacial score (nSPS) is 14.4. The highest BCUT2D eigenvalue weighted by Gasteiger charge is 2.36. The van der Waals surface area contributed by atoms with Gasteiger partial charge in [-0.2, -0.15) is 0 Å². The van der Waals surface area contributed by atoms with Crippen molar-refractivity contribution in [3.05, 3.63) is 55.6 Å². The van der Waals surface area contributed by atoms with Gasteiger partial charge in [-0.25, -0.2) is 29.9 Å². The molecular weight excluding hydrogens is 560 g/mol. The highest BCUT2D eigenvalue weighted by Crippen LogP contribution is 2.48. The van der Waals surface area contributed by atoms with E-state index in [1.165, 1.54) is 0 Å². The van der Waals surface area contributed by atoms with Gasteiger partial charge in [0, 0.05) is 10.8 Å². The van der Waals surface area contributed by atoms with Crippen molar-refractivity contribution in [3.8, 4) is 0 Å². The fourth-order valence-electron chi connectivity index (χ4n) is 4.05. The van der Waals surface area contributed by atoms with Crippen molar-refractivity contribution in [2.45, 2.75) is 52.4 Å². The van der Waals surface area contributed by atoms with Gasteiger partial charge in [0.2, 0.25) is 0 Å². The number of halogens is 2. The molecule has 0 amide bonds. The molecule has 0 radical (unpaired) electrons. The largest absolute Gasteiger partial charge is 0.261 e. The Hall–Kier alpha value is -2.72. The smallest absolute Gasteiger partial charge is 0.171 e. The van der Waals surface area contributed by atoms with Gasteiger partial charge < -0.3 is 0 Å². The molecule has 6 aliphatic heterocycles. The summed E-state index contributed by atoms with van der Waals surface area (Å²) in [5, 5.41) is 0.766. The molecule has 0 aliphatic carbocycles. The van der Waals surface area contributed by atoms with Gasteiger partial charge in [0.15, 0.2) is 28.8 Å². The third-order valence-corrected chi connectivity index (χ3v) is 6.94. The zero-order valence-electron chi connectivity index (χ0n) is 19.6. The Morgan fingerprint density at radius 2 is 1.12 bits per heavy atom. The van der Waals surface area contributed by atoms with Gasteiger partial charge in [0.25, 0.3) is 0 Å². The second kappa shape index (κ2) is 6.91. The van der Waals surface area contributed by atoms with Gasteiger partial charge in [-0.15, -0.1) is 0 Å². The van der Waals surface area contributed by atoms with Crippen LogP contribution in [0.5, 0.6) is 0 Å². The molecule has 6 rings (SSSR count). The van der Waals surface area contributed by atoms with Gasteiger partial charge in [0.1, 0.15) is 28.5 Å². The Kier molecular flexibility index (Phi) is 4.43. The van der Waals surface area contributed by atoms with Crippen LogP contribution in [0.4, 0.5) is 34.9 Å². The summed E-state index contributed by atoms with van der Waals surface area (Å²) >= 11 is 7.37. The van der Waals surface area contributed by atoms with E-state index in [0.717, 1.165) is 49.1 Å². The molecule has 6 aliphatic rings. The van der Waals surface area contributed by atoms with Crippen molar-refractivity contribution in [1.82, 2.24) is 29.9 Å². The lowest BCUT2D eigenvalue weighted by atomic mass is 9.95. The third kappa shape index (κ3) is 3.07. The molecule has 0 aromatic carbocycles. The van der Waals surface area contributed by atoms with Crippen LogP contribution in [0, 0.1) is 10.7 Å². The van der Waals surface area contributed by atoms with E-state index in [1.807, 2.05) is 34.1 Å². The molecule has 34 heavy (non-hydrogen) atoms. The summed E-state index contributed by atoms with van der Waals surface area (Å²) in [5.74, 6) is 5.89. The number of nitrogens with zero attached hydrogens (tertiary/aromatic N) is 8. The zero-order valence-corrected chi connectivity index (χ0v) is 22.8. The monoisotopic (exact) mass is 580 g/mol. The van der Waals surface area contributed by atoms with E-state index in [0.29, 0.717) is 17.1 Å². The number of anilines is 6. The predicted molar refractivity (Wildman–Crippen MR) is 138 cm³/mol. The van der Waals surface area contributed by atoms with Crippen molar-refractivity contribution in [2.75, 3.05) is 9.80 Å². The Morgan fingerprint density at radius 1 is 0.618 bits per heavy atom. The third-order valence-electron chi connectivity index (χ3n) is 5.78. The summed E-state index contributed by atoms with van der Waals surface area (Å²) in [7, 11) is 0. The van der Waals surface area contributed by atoms with Crippen molar-refractivity contribution in [3.63, 3.8) is 0 Å². The molecule has 0 saturated heterocycles. The van der Waals surface area contributed by atoms with Crippen LogP contribution in [-0.2, 0) is 10.8 Å². The fraction of sp³-hybridized carbons (Fsp3) is 0.333. The molecule has 0 saturated carbocycles. The van der Waals surface area contributed by atoms with E-state index in [1.54, 1.807) is 0 Å². The summed E-state index contributed by atoms with van der Waals surface area (Å²) in [6.45, 7) is 12.7. The Morgan fingerprint density at radius 3 is 1.74 bits per heavy atom. The number of fused-ring (bicyclic) bond motifs is 2. The van der Waals surface area contributed by atoms with Crippen molar-refractivity contribution in [1.29, 1.82) is 0 Å². The number of hydrogen-bond acceptors (Lipinski definition) is 8. The Labute approximate surface area is 213 Å². The minimum Gasteiger partial charge on any atom is -0.261 e. The maximum atomic E-state index is 5.08. The lowest BCUT2D eigenvalue weighted by molar-refractivity contribution is 0.541. The highest BCUT2D eigenvalue weighted by atomic mass is 79.9. The fourth-order valence-corrected chi connectivity index (χ4v) is 5.35. The van der Waals surface area contributed by atoms with Gasteiger partial charge in [-0.3, -0.25) is 9.80 Å². The molecule has 8 nitrogen and oxygen atoms in total. The molecule has 10 heteroatoms. The number of aromatic nitrogens is 6. The molecule has 6 heterocycles. The van der Waals surface area contributed by atoms with Crippen molar-refractivity contribution < 1.29 is 0 Å². The Balaban J connectivity index is 1.89. The molecule has 0 aromatic rings. The van der Waals surface area contributed by atoms with Gasteiger partial charge in [-0.1, -0.05) is 47.6 Å². The van der Waals surface area contributed by atoms with Crippen molar-refractivity contribution >= 4 is 66.8 Å². The van der Waals surface area contributed by atoms with Crippen LogP contribution in [0.3, 0.4) is 0 Å². The molecule has 0 unspecified atom stereocenters. The Bertz CT molecular complexity index is 1570. The average molecular weight is 582 g/mol. The summed E-state index contributed by atoms with van der Waals surface area (Å²) in [5.41, 5.74) is 0.0764. The van der Waals surface area contributed by atoms with Crippen molar-refractivity contribution in [2.24, 2.45) is 0 Å². The predicted octanol–water partition coefficient (Wildman–Crippen LogP) is 6.47. The first-order chi connectivity index (χ1) is 15.9. The van der Waals surface area contributed by atoms with Crippen LogP contribution < -0.4 is 9.80 Å². The summed E-state index contributed by atoms with van der Waals surface area (Å²) in [6.07, 6.45) is 0. The maximum absolute atomic E-state index is 5.08. The number of rotatable bonds is 0. The molecule has 0 fully saturated rings. The van der Waals surface area contributed by atoms with Gasteiger partial charge in [-0.05, 0) is 50.1 Å². The minimum absolute atomic E-state index is 0.239. The molecule has 0 N–H and O–H groups in total. The summed E-state index contributed by atoms with van der Waals surface area (Å²) < 4.78 is 1.67. The van der Waals surface area contributed by atoms with E-state index in [2.05, 4.69) is 73.4 Å². The standard InChI is InChI=1S/C24H22Br2N8/c1-23(2,3)21-28-14-9-7-8-13-27-16-15(19(31-21)33(13)14)20-32-22(24(4,5)6)30-18-12(26)10-11(25)17(29-16)34(18)20/h7-10H,1-6H3. The SMILES string of the molecule is CC(C)(C)c1nc2cccc3nc4nc5c(Br)cc(Br)c6nc(C(C)(C)C)nc(c=4c(n1)N23)N65. The molecule has 0 aromatic heterocycles. The first-order valence-electron chi connectivity index (χ1n) is 11.0. The van der Waals surface area contributed by atoms with E-state index in [9.17, 15) is 0 Å². The number of hydrogen-bond donors (Lipinski definition) is 0. The first kappa shape index (κ1) is 21.8. The average Bonchev–Trinajstić information content (AvgIpc) is 2.75. The van der Waals surface area contributed by atoms with Crippen LogP contribution in [0.1, 0.15) is 53.2 Å². The van der Waals surface area contributed by atoms with E-state index in [4.69, 9.17) is 29.9 Å². The molecule has 172 valence electrons. The van der Waals surface area contributed by atoms with Crippen LogP contribution in [0.25, 0.3) is 0 Å². The highest BCUT2D eigenvalue weighted by molar-refractivity contribution is 9.11. The quantitative estimate of drug-likeness (QED) is 0.202. The van der Waals surface area contributed by atoms with Crippen LogP contribution >= 0.6 is 31.9 Å². The summed E-state index contributed by atoms with van der Waals surface area (Å²) in [4.78, 5) is 33.7. The lowest BCUT2D eigenvalue weighted by Gasteiger charge is -2.34. The second-order valence-corrected chi connectivity index (χ2v) is 12.3. The molecule has 0 bridgehead atoms. The maximum Gasteiger partial charge on any atom is 0.171 e. The first-order valence-corrected chi connectivity index (χ1v) is 12.6. The van der Waals surface area contributed by atoms with E-state index >= 15 is 0 Å². The van der Waals surface area contributed by atoms with E-state index in [-0.39, 0.29) is 10.8 Å². The zero-order chi connectivity index (χ0) is 24.2. The van der Waals surface area contributed by atoms with Gasteiger partial charge >= 0.3 is 0 Å².